The molecule has 1 nitrogen and oxygen atoms in total. The van der Waals surface area contributed by atoms with Gasteiger partial charge in [-0.2, -0.15) is 0 Å². The molecular formula is C25H21FO. The molecule has 3 rings (SSSR count). The van der Waals surface area contributed by atoms with Crippen molar-refractivity contribution < 1.29 is 9.18 Å². The average molecular weight is 356 g/mol. The van der Waals surface area contributed by atoms with Crippen LogP contribution < -0.4 is 0 Å². The molecular weight excluding hydrogens is 335 g/mol. The van der Waals surface area contributed by atoms with Crippen molar-refractivity contribution in [3.8, 4) is 0 Å². The van der Waals surface area contributed by atoms with E-state index in [2.05, 4.69) is 43.0 Å². The summed E-state index contributed by atoms with van der Waals surface area (Å²) in [5.74, 6) is -0.482. The molecule has 0 heterocycles. The third-order valence-electron chi connectivity index (χ3n) is 4.45. The van der Waals surface area contributed by atoms with Gasteiger partial charge in [-0.15, -0.1) is 0 Å². The van der Waals surface area contributed by atoms with E-state index in [-0.39, 0.29) is 11.6 Å². The van der Waals surface area contributed by atoms with Crippen LogP contribution in [0.25, 0.3) is 12.2 Å². The zero-order valence-electron chi connectivity index (χ0n) is 15.1. The number of aryl methyl sites for hydroxylation is 2. The van der Waals surface area contributed by atoms with Crippen molar-refractivity contribution in [2.45, 2.75) is 12.8 Å². The summed E-state index contributed by atoms with van der Waals surface area (Å²) in [6, 6.07) is 22.2. The van der Waals surface area contributed by atoms with Crippen LogP contribution in [0.15, 0.2) is 85.5 Å². The number of rotatable bonds is 7. The minimum atomic E-state index is -0.345. The summed E-state index contributed by atoms with van der Waals surface area (Å²) in [6.07, 6.45) is 7.09. The number of hydrogen-bond donors (Lipinski definition) is 0. The molecule has 0 atom stereocenters. The van der Waals surface area contributed by atoms with E-state index in [1.54, 1.807) is 6.08 Å². The Kier molecular flexibility index (Phi) is 6.11. The highest BCUT2D eigenvalue weighted by Crippen LogP contribution is 2.12. The van der Waals surface area contributed by atoms with Gasteiger partial charge in [0.05, 0.1) is 0 Å². The maximum absolute atomic E-state index is 12.9. The Hall–Kier alpha value is -3.26. The second kappa shape index (κ2) is 8.91. The van der Waals surface area contributed by atoms with Crippen molar-refractivity contribution in [1.29, 1.82) is 0 Å². The minimum absolute atomic E-state index is 0.137. The third-order valence-corrected chi connectivity index (χ3v) is 4.45. The lowest BCUT2D eigenvalue weighted by Crippen LogP contribution is -1.94. The van der Waals surface area contributed by atoms with Gasteiger partial charge in [0.15, 0.2) is 5.78 Å². The van der Waals surface area contributed by atoms with Gasteiger partial charge in [-0.05, 0) is 65.4 Å². The van der Waals surface area contributed by atoms with Crippen LogP contribution in [-0.2, 0) is 12.8 Å². The van der Waals surface area contributed by atoms with Crippen LogP contribution in [0.5, 0.6) is 0 Å². The Labute approximate surface area is 159 Å². The fraction of sp³-hybridized carbons (Fsp3) is 0.0800. The van der Waals surface area contributed by atoms with Crippen LogP contribution >= 0.6 is 0 Å². The topological polar surface area (TPSA) is 17.1 Å². The molecule has 0 amide bonds. The molecule has 0 bridgehead atoms. The van der Waals surface area contributed by atoms with Gasteiger partial charge in [0.2, 0.25) is 0 Å². The highest BCUT2D eigenvalue weighted by Gasteiger charge is 2.02. The highest BCUT2D eigenvalue weighted by atomic mass is 19.1. The number of carbonyl (C=O) groups excluding carboxylic acids is 1. The molecule has 0 saturated carbocycles. The highest BCUT2D eigenvalue weighted by molar-refractivity contribution is 6.06. The van der Waals surface area contributed by atoms with E-state index in [0.717, 1.165) is 24.0 Å². The van der Waals surface area contributed by atoms with Crippen molar-refractivity contribution in [1.82, 2.24) is 0 Å². The van der Waals surface area contributed by atoms with Crippen LogP contribution in [0, 0.1) is 5.82 Å². The maximum atomic E-state index is 12.9. The van der Waals surface area contributed by atoms with Crippen LogP contribution in [0.1, 0.15) is 32.6 Å². The van der Waals surface area contributed by atoms with Gasteiger partial charge in [0.1, 0.15) is 5.82 Å². The molecule has 27 heavy (non-hydrogen) atoms. The SMILES string of the molecule is C=Cc1ccc(CCc2ccc(/C=C/C(=O)c3ccc(F)cc3)cc2)cc1. The fourth-order valence-electron chi connectivity index (χ4n) is 2.79. The summed E-state index contributed by atoms with van der Waals surface area (Å²) < 4.78 is 12.9. The fourth-order valence-corrected chi connectivity index (χ4v) is 2.79. The predicted octanol–water partition coefficient (Wildman–Crippen LogP) is 6.15. The zero-order valence-corrected chi connectivity index (χ0v) is 15.1. The third kappa shape index (κ3) is 5.35. The largest absolute Gasteiger partial charge is 0.289 e. The number of allylic oxidation sites excluding steroid dienone is 1. The molecule has 0 fully saturated rings. The lowest BCUT2D eigenvalue weighted by Gasteiger charge is -2.04. The molecule has 0 radical (unpaired) electrons. The number of hydrogen-bond acceptors (Lipinski definition) is 1. The Balaban J connectivity index is 1.56. The molecule has 0 saturated heterocycles. The quantitative estimate of drug-likeness (QED) is 0.366. The summed E-state index contributed by atoms with van der Waals surface area (Å²) in [7, 11) is 0. The van der Waals surface area contributed by atoms with Gasteiger partial charge in [-0.3, -0.25) is 4.79 Å². The summed E-state index contributed by atoms with van der Waals surface area (Å²) >= 11 is 0. The Bertz CT molecular complexity index is 933. The van der Waals surface area contributed by atoms with Crippen molar-refractivity contribution in [3.05, 3.63) is 119 Å². The molecule has 3 aromatic rings. The Morgan fingerprint density at radius 1 is 0.778 bits per heavy atom. The van der Waals surface area contributed by atoms with Gasteiger partial charge in [0, 0.05) is 5.56 Å². The van der Waals surface area contributed by atoms with Crippen molar-refractivity contribution in [2.75, 3.05) is 0 Å². The van der Waals surface area contributed by atoms with E-state index in [1.165, 1.54) is 41.5 Å². The first-order valence-electron chi connectivity index (χ1n) is 8.92. The van der Waals surface area contributed by atoms with E-state index >= 15 is 0 Å². The van der Waals surface area contributed by atoms with Gasteiger partial charge >= 0.3 is 0 Å². The molecule has 0 aromatic heterocycles. The number of halogens is 1. The monoisotopic (exact) mass is 356 g/mol. The normalized spacial score (nSPS) is 10.9. The van der Waals surface area contributed by atoms with E-state index in [0.29, 0.717) is 5.56 Å². The number of benzene rings is 3. The van der Waals surface area contributed by atoms with Crippen LogP contribution in [-0.4, -0.2) is 5.78 Å². The van der Waals surface area contributed by atoms with E-state index in [1.807, 2.05) is 18.2 Å². The first-order valence-corrected chi connectivity index (χ1v) is 8.92. The van der Waals surface area contributed by atoms with Crippen LogP contribution in [0.3, 0.4) is 0 Å². The van der Waals surface area contributed by atoms with Gasteiger partial charge in [-0.1, -0.05) is 67.3 Å². The first kappa shape index (κ1) is 18.5. The van der Waals surface area contributed by atoms with Crippen molar-refractivity contribution in [2.24, 2.45) is 0 Å². The molecule has 134 valence electrons. The lowest BCUT2D eigenvalue weighted by atomic mass is 10.0. The molecule has 0 spiro atoms. The molecule has 0 aliphatic rings. The van der Waals surface area contributed by atoms with Gasteiger partial charge in [0.25, 0.3) is 0 Å². The van der Waals surface area contributed by atoms with E-state index < -0.39 is 0 Å². The summed E-state index contributed by atoms with van der Waals surface area (Å²) in [5.41, 5.74) is 5.13. The molecule has 2 heteroatoms. The molecule has 0 N–H and O–H groups in total. The Morgan fingerprint density at radius 2 is 1.30 bits per heavy atom. The smallest absolute Gasteiger partial charge is 0.185 e. The van der Waals surface area contributed by atoms with E-state index in [4.69, 9.17) is 0 Å². The second-order valence-corrected chi connectivity index (χ2v) is 6.39. The van der Waals surface area contributed by atoms with Crippen LogP contribution in [0.4, 0.5) is 4.39 Å². The second-order valence-electron chi connectivity index (χ2n) is 6.39. The lowest BCUT2D eigenvalue weighted by molar-refractivity contribution is 0.104. The predicted molar refractivity (Wildman–Crippen MR) is 110 cm³/mol. The molecule has 0 unspecified atom stereocenters. The summed E-state index contributed by atoms with van der Waals surface area (Å²) in [5, 5.41) is 0. The summed E-state index contributed by atoms with van der Waals surface area (Å²) in [6.45, 7) is 3.77. The van der Waals surface area contributed by atoms with Crippen molar-refractivity contribution >= 4 is 17.9 Å². The Morgan fingerprint density at radius 3 is 1.81 bits per heavy atom. The van der Waals surface area contributed by atoms with Crippen molar-refractivity contribution in [3.63, 3.8) is 0 Å². The van der Waals surface area contributed by atoms with Crippen LogP contribution in [0.2, 0.25) is 0 Å². The molecule has 0 aliphatic heterocycles. The van der Waals surface area contributed by atoms with Gasteiger partial charge < -0.3 is 0 Å². The average Bonchev–Trinajstić information content (AvgIpc) is 2.72. The first-order chi connectivity index (χ1) is 13.1. The molecule has 0 aliphatic carbocycles. The number of carbonyl (C=O) groups is 1. The molecule has 3 aromatic carbocycles. The van der Waals surface area contributed by atoms with E-state index in [9.17, 15) is 9.18 Å². The van der Waals surface area contributed by atoms with Gasteiger partial charge in [-0.25, -0.2) is 4.39 Å². The minimum Gasteiger partial charge on any atom is -0.289 e. The number of ketones is 1. The maximum Gasteiger partial charge on any atom is 0.185 e. The summed E-state index contributed by atoms with van der Waals surface area (Å²) in [4.78, 5) is 12.1. The standard InChI is InChI=1S/C25H21FO/c1-2-19-3-5-20(6-4-19)7-8-21-9-11-22(12-10-21)13-18-25(27)23-14-16-24(26)17-15-23/h2-6,9-18H,1,7-8H2/b18-13+. The zero-order chi connectivity index (χ0) is 19.1.